The van der Waals surface area contributed by atoms with Crippen molar-refractivity contribution in [2.75, 3.05) is 13.2 Å². The molecule has 1 aromatic rings. The van der Waals surface area contributed by atoms with Crippen LogP contribution >= 0.6 is 0 Å². The number of rotatable bonds is 1. The summed E-state index contributed by atoms with van der Waals surface area (Å²) in [5.74, 6) is -0.0389. The topological polar surface area (TPSA) is 75.8 Å². The van der Waals surface area contributed by atoms with Gasteiger partial charge in [-0.3, -0.25) is 4.79 Å². The van der Waals surface area contributed by atoms with Crippen molar-refractivity contribution < 1.29 is 14.6 Å². The highest BCUT2D eigenvalue weighted by Gasteiger charge is 2.37. The molecular formula is C16H22N2O3. The van der Waals surface area contributed by atoms with E-state index in [0.29, 0.717) is 6.54 Å². The minimum atomic E-state index is -0.667. The minimum Gasteiger partial charge on any atom is -0.391 e. The van der Waals surface area contributed by atoms with Gasteiger partial charge in [-0.2, -0.15) is 0 Å². The molecule has 3 N–H and O–H groups in total. The van der Waals surface area contributed by atoms with Gasteiger partial charge in [0.1, 0.15) is 6.10 Å². The van der Waals surface area contributed by atoms with E-state index in [-0.39, 0.29) is 25.0 Å². The van der Waals surface area contributed by atoms with Gasteiger partial charge in [0, 0.05) is 13.0 Å². The number of benzene rings is 1. The summed E-state index contributed by atoms with van der Waals surface area (Å²) in [6.45, 7) is 2.97. The van der Waals surface area contributed by atoms with Crippen LogP contribution in [0.2, 0.25) is 0 Å². The molecule has 5 heteroatoms. The molecule has 2 aliphatic rings. The van der Waals surface area contributed by atoms with Crippen LogP contribution in [0.3, 0.4) is 0 Å². The van der Waals surface area contributed by atoms with Gasteiger partial charge in [0.05, 0.1) is 24.8 Å². The lowest BCUT2D eigenvalue weighted by Gasteiger charge is -2.39. The van der Waals surface area contributed by atoms with Gasteiger partial charge in [0.25, 0.3) is 5.91 Å². The third kappa shape index (κ3) is 2.69. The molecule has 21 heavy (non-hydrogen) atoms. The molecule has 2 heterocycles. The first kappa shape index (κ1) is 14.5. The van der Waals surface area contributed by atoms with Crippen LogP contribution in [0, 0.1) is 0 Å². The van der Waals surface area contributed by atoms with Gasteiger partial charge in [0.2, 0.25) is 0 Å². The Hall–Kier alpha value is -1.43. The molecule has 4 atom stereocenters. The fraction of sp³-hybridized carbons (Fsp3) is 0.562. The van der Waals surface area contributed by atoms with Crippen molar-refractivity contribution >= 4 is 5.91 Å². The van der Waals surface area contributed by atoms with Gasteiger partial charge in [-0.1, -0.05) is 24.3 Å². The third-order valence-corrected chi connectivity index (χ3v) is 4.59. The highest BCUT2D eigenvalue weighted by Crippen LogP contribution is 2.30. The first-order valence-electron chi connectivity index (χ1n) is 7.51. The average molecular weight is 290 g/mol. The quantitative estimate of drug-likeness (QED) is 0.794. The largest absolute Gasteiger partial charge is 0.391 e. The van der Waals surface area contributed by atoms with Gasteiger partial charge in [-0.25, -0.2) is 0 Å². The van der Waals surface area contributed by atoms with E-state index >= 15 is 0 Å². The highest BCUT2D eigenvalue weighted by molar-refractivity contribution is 5.82. The Balaban J connectivity index is 1.74. The molecule has 0 aromatic heterocycles. The maximum absolute atomic E-state index is 12.7. The number of carbonyl (C=O) groups is 1. The molecule has 0 aliphatic carbocycles. The van der Waals surface area contributed by atoms with Crippen molar-refractivity contribution in [3.05, 3.63) is 35.4 Å². The van der Waals surface area contributed by atoms with E-state index in [9.17, 15) is 9.90 Å². The van der Waals surface area contributed by atoms with Crippen LogP contribution in [-0.4, -0.2) is 47.3 Å². The summed E-state index contributed by atoms with van der Waals surface area (Å²) in [6.07, 6.45) is -0.0982. The van der Waals surface area contributed by atoms with E-state index in [2.05, 4.69) is 12.1 Å². The van der Waals surface area contributed by atoms with Gasteiger partial charge in [-0.15, -0.1) is 0 Å². The van der Waals surface area contributed by atoms with Gasteiger partial charge < -0.3 is 20.5 Å². The highest BCUT2D eigenvalue weighted by atomic mass is 16.5. The van der Waals surface area contributed by atoms with Crippen LogP contribution < -0.4 is 5.73 Å². The fourth-order valence-corrected chi connectivity index (χ4v) is 3.23. The molecule has 0 radical (unpaired) electrons. The van der Waals surface area contributed by atoms with Crippen molar-refractivity contribution in [3.8, 4) is 0 Å². The number of ether oxygens (including phenoxy) is 1. The van der Waals surface area contributed by atoms with Crippen LogP contribution in [0.5, 0.6) is 0 Å². The number of fused-ring (bicyclic) bond motifs is 1. The van der Waals surface area contributed by atoms with Crippen LogP contribution in [-0.2, 0) is 16.0 Å². The summed E-state index contributed by atoms with van der Waals surface area (Å²) >= 11 is 0. The first-order valence-corrected chi connectivity index (χ1v) is 7.51. The molecule has 1 amide bonds. The second kappa shape index (κ2) is 5.75. The number of aliphatic hydroxyl groups is 1. The molecule has 0 bridgehead atoms. The molecule has 5 nitrogen and oxygen atoms in total. The Morgan fingerprint density at radius 2 is 2.19 bits per heavy atom. The smallest absolute Gasteiger partial charge is 0.252 e. The zero-order valence-electron chi connectivity index (χ0n) is 12.2. The molecular weight excluding hydrogens is 268 g/mol. The Kier molecular flexibility index (Phi) is 3.97. The average Bonchev–Trinajstić information content (AvgIpc) is 2.50. The predicted octanol–water partition coefficient (Wildman–Crippen LogP) is 0.609. The lowest BCUT2D eigenvalue weighted by molar-refractivity contribution is -0.154. The zero-order chi connectivity index (χ0) is 15.0. The first-order chi connectivity index (χ1) is 10.1. The maximum Gasteiger partial charge on any atom is 0.252 e. The van der Waals surface area contributed by atoms with Crippen molar-refractivity contribution in [1.82, 2.24) is 4.90 Å². The standard InChI is InChI=1S/C16H22N2O3/c1-10-12-5-3-2-4-11(12)6-7-18(10)16(20)15-8-14(19)13(17)9-21-15/h2-5,10,13-15,19H,6-9,17H2,1H3/t10-,13+,14-,15+/m0/s1. The summed E-state index contributed by atoms with van der Waals surface area (Å²) in [6, 6.07) is 7.88. The Morgan fingerprint density at radius 3 is 2.95 bits per heavy atom. The summed E-state index contributed by atoms with van der Waals surface area (Å²) in [7, 11) is 0. The summed E-state index contributed by atoms with van der Waals surface area (Å²) < 4.78 is 5.54. The Morgan fingerprint density at radius 1 is 1.43 bits per heavy atom. The zero-order valence-corrected chi connectivity index (χ0v) is 12.2. The van der Waals surface area contributed by atoms with Crippen LogP contribution in [0.25, 0.3) is 0 Å². The Labute approximate surface area is 124 Å². The SMILES string of the molecule is C[C@H]1c2ccccc2CCN1C(=O)[C@H]1C[C@H](O)[C@H](N)CO1. The second-order valence-electron chi connectivity index (χ2n) is 5.95. The summed E-state index contributed by atoms with van der Waals surface area (Å²) in [5, 5.41) is 9.84. The molecule has 1 saturated heterocycles. The van der Waals surface area contributed by atoms with E-state index < -0.39 is 18.2 Å². The normalized spacial score (nSPS) is 32.6. The number of hydrogen-bond acceptors (Lipinski definition) is 4. The van der Waals surface area contributed by atoms with Crippen LogP contribution in [0.1, 0.15) is 30.5 Å². The molecule has 1 aromatic carbocycles. The Bertz CT molecular complexity index is 534. The maximum atomic E-state index is 12.7. The summed E-state index contributed by atoms with van der Waals surface area (Å²) in [4.78, 5) is 14.5. The van der Waals surface area contributed by atoms with Gasteiger partial charge >= 0.3 is 0 Å². The van der Waals surface area contributed by atoms with E-state index in [4.69, 9.17) is 10.5 Å². The monoisotopic (exact) mass is 290 g/mol. The molecule has 3 rings (SSSR count). The van der Waals surface area contributed by atoms with Crippen LogP contribution in [0.15, 0.2) is 24.3 Å². The van der Waals surface area contributed by atoms with Crippen molar-refractivity contribution in [2.24, 2.45) is 5.73 Å². The lowest BCUT2D eigenvalue weighted by atomic mass is 9.92. The third-order valence-electron chi connectivity index (χ3n) is 4.59. The number of hydrogen-bond donors (Lipinski definition) is 2. The molecule has 114 valence electrons. The molecule has 1 fully saturated rings. The van der Waals surface area contributed by atoms with E-state index in [0.717, 1.165) is 6.42 Å². The molecule has 0 unspecified atom stereocenters. The second-order valence-corrected chi connectivity index (χ2v) is 5.95. The van der Waals surface area contributed by atoms with E-state index in [1.807, 2.05) is 24.0 Å². The van der Waals surface area contributed by atoms with Crippen molar-refractivity contribution in [1.29, 1.82) is 0 Å². The van der Waals surface area contributed by atoms with Crippen LogP contribution in [0.4, 0.5) is 0 Å². The van der Waals surface area contributed by atoms with E-state index in [1.54, 1.807) is 0 Å². The van der Waals surface area contributed by atoms with Crippen molar-refractivity contribution in [3.63, 3.8) is 0 Å². The minimum absolute atomic E-state index is 0.0389. The predicted molar refractivity (Wildman–Crippen MR) is 78.6 cm³/mol. The number of carbonyl (C=O) groups excluding carboxylic acids is 1. The van der Waals surface area contributed by atoms with Gasteiger partial charge in [0.15, 0.2) is 0 Å². The lowest BCUT2D eigenvalue weighted by Crippen LogP contribution is -2.53. The van der Waals surface area contributed by atoms with Gasteiger partial charge in [-0.05, 0) is 24.5 Å². The molecule has 0 spiro atoms. The van der Waals surface area contributed by atoms with E-state index in [1.165, 1.54) is 11.1 Å². The number of nitrogens with zero attached hydrogens (tertiary/aromatic N) is 1. The molecule has 0 saturated carbocycles. The number of aliphatic hydroxyl groups excluding tert-OH is 1. The number of amides is 1. The number of nitrogens with two attached hydrogens (primary N) is 1. The fourth-order valence-electron chi connectivity index (χ4n) is 3.23. The summed E-state index contributed by atoms with van der Waals surface area (Å²) in [5.41, 5.74) is 8.22. The molecule has 2 aliphatic heterocycles. The van der Waals surface area contributed by atoms with Crippen molar-refractivity contribution in [2.45, 2.75) is 44.1 Å².